The fourth-order valence-electron chi connectivity index (χ4n) is 2.95. The number of carbonyl (C=O) groups is 1. The molecule has 2 N–H and O–H groups in total. The second-order valence-electron chi connectivity index (χ2n) is 6.53. The number of methoxy groups -OCH3 is 1. The minimum atomic E-state index is -0.293. The molecule has 0 aliphatic carbocycles. The van der Waals surface area contributed by atoms with E-state index in [4.69, 9.17) is 9.15 Å². The molecule has 4 aromatic rings. The highest BCUT2D eigenvalue weighted by atomic mass is 79.9. The van der Waals surface area contributed by atoms with Gasteiger partial charge in [0.05, 0.1) is 17.1 Å². The maximum Gasteiger partial charge on any atom is 0.255 e. The lowest BCUT2D eigenvalue weighted by Gasteiger charge is -2.09. The van der Waals surface area contributed by atoms with Crippen molar-refractivity contribution >= 4 is 38.6 Å². The zero-order chi connectivity index (χ0) is 20.5. The van der Waals surface area contributed by atoms with E-state index in [-0.39, 0.29) is 17.5 Å². The predicted octanol–water partition coefficient (Wildman–Crippen LogP) is 5.53. The summed E-state index contributed by atoms with van der Waals surface area (Å²) in [7, 11) is 1.56. The topological polar surface area (TPSA) is 84.6 Å². The summed E-state index contributed by atoms with van der Waals surface area (Å²) in [5.41, 5.74) is 3.76. The Hall–Kier alpha value is -3.32. The number of hydrogen-bond acceptors (Lipinski definition) is 5. The van der Waals surface area contributed by atoms with Crippen molar-refractivity contribution in [2.24, 2.45) is 0 Å². The number of ether oxygens (including phenoxy) is 1. The van der Waals surface area contributed by atoms with Gasteiger partial charge in [-0.15, -0.1) is 0 Å². The molecular weight excluding hydrogens is 436 g/mol. The van der Waals surface area contributed by atoms with Crippen molar-refractivity contribution in [3.8, 4) is 23.0 Å². The van der Waals surface area contributed by atoms with Crippen molar-refractivity contribution in [2.45, 2.75) is 6.92 Å². The van der Waals surface area contributed by atoms with Crippen LogP contribution in [0.4, 0.5) is 5.69 Å². The molecule has 0 saturated carbocycles. The van der Waals surface area contributed by atoms with E-state index >= 15 is 0 Å². The largest absolute Gasteiger partial charge is 0.507 e. The molecule has 0 saturated heterocycles. The summed E-state index contributed by atoms with van der Waals surface area (Å²) in [5, 5.41) is 13.1. The molecular formula is C22H17BrN2O4. The van der Waals surface area contributed by atoms with E-state index < -0.39 is 0 Å². The molecule has 146 valence electrons. The average molecular weight is 453 g/mol. The first-order valence-electron chi connectivity index (χ1n) is 8.80. The van der Waals surface area contributed by atoms with Gasteiger partial charge in [0.2, 0.25) is 5.89 Å². The van der Waals surface area contributed by atoms with Crippen molar-refractivity contribution < 1.29 is 19.1 Å². The van der Waals surface area contributed by atoms with Crippen LogP contribution >= 0.6 is 15.9 Å². The Morgan fingerprint density at radius 3 is 2.72 bits per heavy atom. The van der Waals surface area contributed by atoms with E-state index in [1.807, 2.05) is 25.1 Å². The third kappa shape index (κ3) is 3.82. The number of oxazole rings is 1. The summed E-state index contributed by atoms with van der Waals surface area (Å²) in [6.07, 6.45) is 0. The lowest BCUT2D eigenvalue weighted by Crippen LogP contribution is -2.12. The number of fused-ring (bicyclic) bond motifs is 1. The van der Waals surface area contributed by atoms with Gasteiger partial charge in [0, 0.05) is 11.3 Å². The summed E-state index contributed by atoms with van der Waals surface area (Å²) < 4.78 is 11.6. The van der Waals surface area contributed by atoms with Gasteiger partial charge >= 0.3 is 0 Å². The molecule has 1 amide bonds. The molecule has 0 spiro atoms. The second kappa shape index (κ2) is 7.60. The molecule has 0 bridgehead atoms. The fraction of sp³-hybridized carbons (Fsp3) is 0.0909. The number of amides is 1. The van der Waals surface area contributed by atoms with E-state index in [1.54, 1.807) is 37.4 Å². The SMILES string of the molecule is COc1ccc(C(=O)Nc2ccc(O)c(-c3nc4cc(C)ccc4o3)c2)cc1Br. The Morgan fingerprint density at radius 2 is 1.97 bits per heavy atom. The molecule has 6 nitrogen and oxygen atoms in total. The number of benzene rings is 3. The van der Waals surface area contributed by atoms with Gasteiger partial charge in [0.1, 0.15) is 17.0 Å². The maximum atomic E-state index is 12.6. The van der Waals surface area contributed by atoms with Crippen LogP contribution in [-0.4, -0.2) is 23.1 Å². The third-order valence-corrected chi connectivity index (χ3v) is 5.06. The first-order valence-corrected chi connectivity index (χ1v) is 9.59. The number of phenols is 1. The highest BCUT2D eigenvalue weighted by molar-refractivity contribution is 9.10. The molecule has 4 rings (SSSR count). The van der Waals surface area contributed by atoms with Crippen LogP contribution in [0.5, 0.6) is 11.5 Å². The number of hydrogen-bond donors (Lipinski definition) is 2. The highest BCUT2D eigenvalue weighted by Gasteiger charge is 2.15. The minimum absolute atomic E-state index is 0.0125. The number of aromatic nitrogens is 1. The zero-order valence-corrected chi connectivity index (χ0v) is 17.3. The molecule has 0 atom stereocenters. The van der Waals surface area contributed by atoms with Crippen molar-refractivity contribution in [1.82, 2.24) is 4.98 Å². The van der Waals surface area contributed by atoms with Crippen molar-refractivity contribution in [3.63, 3.8) is 0 Å². The van der Waals surface area contributed by atoms with E-state index in [0.29, 0.717) is 38.1 Å². The number of anilines is 1. The van der Waals surface area contributed by atoms with Crippen LogP contribution in [0.2, 0.25) is 0 Å². The van der Waals surface area contributed by atoms with Crippen LogP contribution in [-0.2, 0) is 0 Å². The van der Waals surface area contributed by atoms with Crippen LogP contribution in [0, 0.1) is 6.92 Å². The summed E-state index contributed by atoms with van der Waals surface area (Å²) >= 11 is 3.38. The molecule has 0 unspecified atom stereocenters. The lowest BCUT2D eigenvalue weighted by atomic mass is 10.1. The molecule has 0 fully saturated rings. The Kier molecular flexibility index (Phi) is 4.98. The molecule has 0 radical (unpaired) electrons. The minimum Gasteiger partial charge on any atom is -0.507 e. The van der Waals surface area contributed by atoms with E-state index in [2.05, 4.69) is 26.2 Å². The van der Waals surface area contributed by atoms with Gasteiger partial charge in [-0.25, -0.2) is 4.98 Å². The monoisotopic (exact) mass is 452 g/mol. The normalized spacial score (nSPS) is 10.9. The smallest absolute Gasteiger partial charge is 0.255 e. The van der Waals surface area contributed by atoms with Gasteiger partial charge in [-0.05, 0) is 76.9 Å². The van der Waals surface area contributed by atoms with Gasteiger partial charge in [-0.3, -0.25) is 4.79 Å². The van der Waals surface area contributed by atoms with Crippen LogP contribution in [0.3, 0.4) is 0 Å². The fourth-order valence-corrected chi connectivity index (χ4v) is 3.49. The van der Waals surface area contributed by atoms with Gasteiger partial charge < -0.3 is 19.6 Å². The molecule has 0 aliphatic heterocycles. The Balaban J connectivity index is 1.64. The number of aromatic hydroxyl groups is 1. The Labute approximate surface area is 175 Å². The van der Waals surface area contributed by atoms with Gasteiger partial charge in [-0.1, -0.05) is 6.07 Å². The number of nitrogens with one attached hydrogen (secondary N) is 1. The van der Waals surface area contributed by atoms with Crippen LogP contribution in [0.1, 0.15) is 15.9 Å². The summed E-state index contributed by atoms with van der Waals surface area (Å²) in [6.45, 7) is 1.97. The van der Waals surface area contributed by atoms with Crippen LogP contribution < -0.4 is 10.1 Å². The highest BCUT2D eigenvalue weighted by Crippen LogP contribution is 2.34. The van der Waals surface area contributed by atoms with Crippen molar-refractivity contribution in [1.29, 1.82) is 0 Å². The lowest BCUT2D eigenvalue weighted by molar-refractivity contribution is 0.102. The number of aryl methyl sites for hydroxylation is 1. The van der Waals surface area contributed by atoms with E-state index in [0.717, 1.165) is 5.56 Å². The van der Waals surface area contributed by atoms with Gasteiger partial charge in [-0.2, -0.15) is 0 Å². The van der Waals surface area contributed by atoms with Crippen molar-refractivity contribution in [2.75, 3.05) is 12.4 Å². The second-order valence-corrected chi connectivity index (χ2v) is 7.38. The quantitative estimate of drug-likeness (QED) is 0.397. The molecule has 1 heterocycles. The molecule has 29 heavy (non-hydrogen) atoms. The van der Waals surface area contributed by atoms with Gasteiger partial charge in [0.15, 0.2) is 5.58 Å². The Bertz CT molecular complexity index is 1230. The number of rotatable bonds is 4. The zero-order valence-electron chi connectivity index (χ0n) is 15.7. The first kappa shape index (κ1) is 19.0. The van der Waals surface area contributed by atoms with E-state index in [1.165, 1.54) is 6.07 Å². The first-order chi connectivity index (χ1) is 13.9. The third-order valence-electron chi connectivity index (χ3n) is 4.44. The standard InChI is InChI=1S/C22H17BrN2O4/c1-12-3-7-20-17(9-12)25-22(29-20)15-11-14(5-6-18(15)26)24-21(27)13-4-8-19(28-2)16(23)10-13/h3-11,26H,1-2H3,(H,24,27). The van der Waals surface area contributed by atoms with Gasteiger partial charge in [0.25, 0.3) is 5.91 Å². The maximum absolute atomic E-state index is 12.6. The summed E-state index contributed by atoms with van der Waals surface area (Å²) in [6, 6.07) is 15.5. The number of nitrogens with zero attached hydrogens (tertiary/aromatic N) is 1. The molecule has 0 aliphatic rings. The average Bonchev–Trinajstić information content (AvgIpc) is 3.12. The number of halogens is 1. The summed E-state index contributed by atoms with van der Waals surface area (Å²) in [4.78, 5) is 17.1. The summed E-state index contributed by atoms with van der Waals surface area (Å²) in [5.74, 6) is 0.641. The van der Waals surface area contributed by atoms with Crippen LogP contribution in [0.15, 0.2) is 63.5 Å². The number of phenolic OH excluding ortho intramolecular Hbond substituents is 1. The predicted molar refractivity (Wildman–Crippen MR) is 114 cm³/mol. The molecule has 3 aromatic carbocycles. The molecule has 7 heteroatoms. The van der Waals surface area contributed by atoms with Crippen LogP contribution in [0.25, 0.3) is 22.6 Å². The molecule has 1 aromatic heterocycles. The Morgan fingerprint density at radius 1 is 1.14 bits per heavy atom. The van der Waals surface area contributed by atoms with Crippen molar-refractivity contribution in [3.05, 3.63) is 70.2 Å². The number of carbonyl (C=O) groups excluding carboxylic acids is 1. The van der Waals surface area contributed by atoms with E-state index in [9.17, 15) is 9.90 Å².